The summed E-state index contributed by atoms with van der Waals surface area (Å²) in [5.41, 5.74) is 3.87. The average Bonchev–Trinajstić information content (AvgIpc) is 2.99. The van der Waals surface area contributed by atoms with Crippen LogP contribution in [0, 0.1) is 13.8 Å². The van der Waals surface area contributed by atoms with E-state index in [1.54, 1.807) is 24.3 Å². The topological polar surface area (TPSA) is 71.0 Å². The van der Waals surface area contributed by atoms with Crippen molar-refractivity contribution in [2.24, 2.45) is 4.99 Å². The van der Waals surface area contributed by atoms with Crippen LogP contribution in [0.3, 0.4) is 0 Å². The van der Waals surface area contributed by atoms with Crippen molar-refractivity contribution in [3.05, 3.63) is 53.6 Å². The van der Waals surface area contributed by atoms with Gasteiger partial charge in [-0.3, -0.25) is 14.6 Å². The van der Waals surface area contributed by atoms with E-state index >= 15 is 0 Å². The number of amidine groups is 1. The van der Waals surface area contributed by atoms with Gasteiger partial charge in [0.25, 0.3) is 0 Å². The molecule has 30 heavy (non-hydrogen) atoms. The molecule has 0 bridgehead atoms. The number of rotatable bonds is 6. The summed E-state index contributed by atoms with van der Waals surface area (Å²) in [5.74, 6) is 0.282. The second kappa shape index (κ2) is 9.80. The number of carbonyl (C=O) groups excluding carboxylic acids is 2. The monoisotopic (exact) mass is 425 g/mol. The Morgan fingerprint density at radius 1 is 1.13 bits per heavy atom. The van der Waals surface area contributed by atoms with E-state index in [1.165, 1.54) is 27.8 Å². The van der Waals surface area contributed by atoms with E-state index < -0.39 is 5.25 Å². The van der Waals surface area contributed by atoms with Crippen LogP contribution in [0.25, 0.3) is 0 Å². The summed E-state index contributed by atoms with van der Waals surface area (Å²) in [6.07, 6.45) is 0.147. The number of hydrogen-bond acceptors (Lipinski definition) is 5. The molecule has 6 nitrogen and oxygen atoms in total. The number of hydrogen-bond donors (Lipinski definition) is 1. The highest BCUT2D eigenvalue weighted by Gasteiger charge is 2.40. The first-order valence-electron chi connectivity index (χ1n) is 10.1. The van der Waals surface area contributed by atoms with Crippen LogP contribution in [0.2, 0.25) is 0 Å². The first-order valence-corrected chi connectivity index (χ1v) is 11.0. The number of thioether (sulfide) groups is 1. The average molecular weight is 426 g/mol. The fraction of sp³-hybridized carbons (Fsp3) is 0.348. The van der Waals surface area contributed by atoms with E-state index in [1.807, 2.05) is 26.0 Å². The van der Waals surface area contributed by atoms with E-state index in [-0.39, 0.29) is 18.2 Å². The predicted octanol–water partition coefficient (Wildman–Crippen LogP) is 4.56. The highest BCUT2D eigenvalue weighted by atomic mass is 32.2. The Kier molecular flexibility index (Phi) is 7.15. The summed E-state index contributed by atoms with van der Waals surface area (Å²) >= 11 is 1.31. The highest BCUT2D eigenvalue weighted by molar-refractivity contribution is 8.15. The van der Waals surface area contributed by atoms with Gasteiger partial charge in [0, 0.05) is 18.7 Å². The van der Waals surface area contributed by atoms with Crippen LogP contribution in [-0.2, 0) is 9.59 Å². The molecule has 0 saturated carbocycles. The maximum atomic E-state index is 13.0. The third-order valence-electron chi connectivity index (χ3n) is 4.82. The largest absolute Gasteiger partial charge is 0.494 e. The number of amides is 2. The van der Waals surface area contributed by atoms with E-state index in [4.69, 9.17) is 4.74 Å². The van der Waals surface area contributed by atoms with Gasteiger partial charge in [-0.15, -0.1) is 0 Å². The van der Waals surface area contributed by atoms with E-state index in [9.17, 15) is 9.59 Å². The Morgan fingerprint density at radius 2 is 1.87 bits per heavy atom. The number of benzene rings is 2. The highest BCUT2D eigenvalue weighted by Crippen LogP contribution is 2.31. The molecule has 0 aliphatic carbocycles. The number of nitrogens with one attached hydrogen (secondary N) is 1. The second-order valence-corrected chi connectivity index (χ2v) is 8.20. The smallest absolute Gasteiger partial charge is 0.247 e. The van der Waals surface area contributed by atoms with Crippen LogP contribution in [0.15, 0.2) is 47.5 Å². The molecule has 2 amide bonds. The normalized spacial score (nSPS) is 16.9. The predicted molar refractivity (Wildman–Crippen MR) is 124 cm³/mol. The van der Waals surface area contributed by atoms with Gasteiger partial charge in [0.2, 0.25) is 11.8 Å². The van der Waals surface area contributed by atoms with Gasteiger partial charge in [-0.05, 0) is 75.2 Å². The second-order valence-electron chi connectivity index (χ2n) is 7.01. The molecule has 0 unspecified atom stereocenters. The fourth-order valence-electron chi connectivity index (χ4n) is 3.15. The van der Waals surface area contributed by atoms with Gasteiger partial charge >= 0.3 is 0 Å². The standard InChI is InChI=1S/C23H27N3O3S/c1-5-24-23(25-17-8-7-15(3)16(4)13-17)30-20-14-21(27)26(22(20)28)18-9-11-19(12-10-18)29-6-2/h7-13,20H,5-6,14H2,1-4H3,(H,24,25)/t20-/m1/s1. The molecule has 7 heteroatoms. The van der Waals surface area contributed by atoms with Gasteiger partial charge in [0.05, 0.1) is 12.3 Å². The number of carbonyl (C=O) groups is 2. The molecule has 1 atom stereocenters. The lowest BCUT2D eigenvalue weighted by Crippen LogP contribution is -2.31. The number of ether oxygens (including phenoxy) is 1. The number of anilines is 2. The van der Waals surface area contributed by atoms with Crippen molar-refractivity contribution < 1.29 is 14.3 Å². The van der Waals surface area contributed by atoms with Crippen LogP contribution >= 0.6 is 11.8 Å². The van der Waals surface area contributed by atoms with Gasteiger partial charge < -0.3 is 10.1 Å². The van der Waals surface area contributed by atoms with Crippen LogP contribution in [-0.4, -0.2) is 35.4 Å². The molecular formula is C23H27N3O3S. The molecule has 2 aromatic carbocycles. The van der Waals surface area contributed by atoms with Crippen molar-refractivity contribution in [2.75, 3.05) is 23.4 Å². The molecule has 1 fully saturated rings. The lowest BCUT2D eigenvalue weighted by Gasteiger charge is -2.16. The van der Waals surface area contributed by atoms with Crippen LogP contribution < -0.4 is 15.0 Å². The number of aryl methyl sites for hydroxylation is 2. The zero-order valence-corrected chi connectivity index (χ0v) is 18.6. The minimum atomic E-state index is -0.506. The fourth-order valence-corrected chi connectivity index (χ4v) is 4.23. The number of imide groups is 1. The third-order valence-corrected chi connectivity index (χ3v) is 5.93. The van der Waals surface area contributed by atoms with Gasteiger partial charge in [0.1, 0.15) is 11.0 Å². The van der Waals surface area contributed by atoms with Gasteiger partial charge in [-0.2, -0.15) is 0 Å². The molecule has 0 aromatic heterocycles. The van der Waals surface area contributed by atoms with E-state index in [0.29, 0.717) is 29.8 Å². The minimum absolute atomic E-state index is 0.147. The Hall–Kier alpha value is -2.80. The van der Waals surface area contributed by atoms with Gasteiger partial charge in [0.15, 0.2) is 5.17 Å². The maximum absolute atomic E-state index is 13.0. The molecule has 158 valence electrons. The molecule has 2 aromatic rings. The Labute approximate surface area is 181 Å². The molecule has 0 spiro atoms. The lowest BCUT2D eigenvalue weighted by molar-refractivity contribution is -0.121. The summed E-state index contributed by atoms with van der Waals surface area (Å²) in [5, 5.41) is 3.43. The van der Waals surface area contributed by atoms with Crippen molar-refractivity contribution in [3.8, 4) is 5.75 Å². The lowest BCUT2D eigenvalue weighted by atomic mass is 10.1. The summed E-state index contributed by atoms with van der Waals surface area (Å²) in [7, 11) is 0. The van der Waals surface area contributed by atoms with Crippen molar-refractivity contribution in [2.45, 2.75) is 39.4 Å². The summed E-state index contributed by atoms with van der Waals surface area (Å²) in [4.78, 5) is 31.3. The van der Waals surface area contributed by atoms with Gasteiger partial charge in [-0.25, -0.2) is 4.90 Å². The Bertz CT molecular complexity index is 957. The molecular weight excluding hydrogens is 398 g/mol. The first-order chi connectivity index (χ1) is 14.4. The van der Waals surface area contributed by atoms with Crippen molar-refractivity contribution in [3.63, 3.8) is 0 Å². The molecule has 1 aliphatic rings. The molecule has 1 aliphatic heterocycles. The SMILES string of the molecule is CCN=C(Nc1ccc(C)c(C)c1)S[C@@H]1CC(=O)N(c2ccc(OCC)cc2)C1=O. The first kappa shape index (κ1) is 21.9. The molecule has 0 radical (unpaired) electrons. The van der Waals surface area contributed by atoms with Crippen molar-refractivity contribution >= 4 is 40.1 Å². The molecule has 1 N–H and O–H groups in total. The zero-order chi connectivity index (χ0) is 21.7. The third kappa shape index (κ3) is 5.02. The quantitative estimate of drug-likeness (QED) is 0.417. The van der Waals surface area contributed by atoms with Crippen LogP contribution in [0.1, 0.15) is 31.4 Å². The van der Waals surface area contributed by atoms with Gasteiger partial charge in [-0.1, -0.05) is 17.8 Å². The van der Waals surface area contributed by atoms with Crippen molar-refractivity contribution in [1.82, 2.24) is 0 Å². The van der Waals surface area contributed by atoms with E-state index in [2.05, 4.69) is 30.2 Å². The van der Waals surface area contributed by atoms with Crippen LogP contribution in [0.4, 0.5) is 11.4 Å². The van der Waals surface area contributed by atoms with Crippen molar-refractivity contribution in [1.29, 1.82) is 0 Å². The summed E-state index contributed by atoms with van der Waals surface area (Å²) in [6, 6.07) is 13.1. The zero-order valence-electron chi connectivity index (χ0n) is 17.8. The maximum Gasteiger partial charge on any atom is 0.247 e. The molecule has 1 saturated heterocycles. The number of nitrogens with zero attached hydrogens (tertiary/aromatic N) is 2. The number of aliphatic imine (C=N–C) groups is 1. The van der Waals surface area contributed by atoms with Crippen LogP contribution in [0.5, 0.6) is 5.75 Å². The Morgan fingerprint density at radius 3 is 2.50 bits per heavy atom. The molecule has 1 heterocycles. The summed E-state index contributed by atoms with van der Waals surface area (Å²) in [6.45, 7) is 9.11. The van der Waals surface area contributed by atoms with E-state index in [0.717, 1.165) is 5.69 Å². The Balaban J connectivity index is 1.73. The molecule has 3 rings (SSSR count). The minimum Gasteiger partial charge on any atom is -0.494 e. The summed E-state index contributed by atoms with van der Waals surface area (Å²) < 4.78 is 5.43.